The lowest BCUT2D eigenvalue weighted by atomic mass is 10.4. The van der Waals surface area contributed by atoms with Crippen LogP contribution in [0.1, 0.15) is 4.88 Å². The SMILES string of the molecule is Cc1cnc(-c2cc3[nH]nc(N)c3s2)s1. The number of hydrogen-bond acceptors (Lipinski definition) is 5. The zero-order valence-corrected chi connectivity index (χ0v) is 9.58. The first-order valence-electron chi connectivity index (χ1n) is 4.40. The highest BCUT2D eigenvalue weighted by atomic mass is 32.1. The first kappa shape index (κ1) is 8.87. The van der Waals surface area contributed by atoms with Crippen molar-refractivity contribution in [3.63, 3.8) is 0 Å². The molecule has 0 radical (unpaired) electrons. The number of nitrogens with zero attached hydrogens (tertiary/aromatic N) is 2. The van der Waals surface area contributed by atoms with Gasteiger partial charge in [-0.15, -0.1) is 22.7 Å². The Morgan fingerprint density at radius 3 is 2.93 bits per heavy atom. The van der Waals surface area contributed by atoms with Gasteiger partial charge in [-0.1, -0.05) is 0 Å². The Balaban J connectivity index is 2.19. The largest absolute Gasteiger partial charge is 0.381 e. The second kappa shape index (κ2) is 3.04. The summed E-state index contributed by atoms with van der Waals surface area (Å²) in [4.78, 5) is 6.70. The van der Waals surface area contributed by atoms with Crippen LogP contribution in [0.5, 0.6) is 0 Å². The highest BCUT2D eigenvalue weighted by molar-refractivity contribution is 7.26. The Morgan fingerprint density at radius 1 is 1.40 bits per heavy atom. The van der Waals surface area contributed by atoms with E-state index < -0.39 is 0 Å². The minimum Gasteiger partial charge on any atom is -0.381 e. The van der Waals surface area contributed by atoms with Crippen molar-refractivity contribution in [3.05, 3.63) is 17.1 Å². The second-order valence-electron chi connectivity index (χ2n) is 3.24. The smallest absolute Gasteiger partial charge is 0.163 e. The summed E-state index contributed by atoms with van der Waals surface area (Å²) in [5.41, 5.74) is 6.71. The Labute approximate surface area is 93.8 Å². The summed E-state index contributed by atoms with van der Waals surface area (Å²) in [7, 11) is 0. The van der Waals surface area contributed by atoms with Crippen LogP contribution in [0.2, 0.25) is 0 Å². The molecule has 0 amide bonds. The molecule has 3 aromatic rings. The summed E-state index contributed by atoms with van der Waals surface area (Å²) in [6.07, 6.45) is 1.88. The van der Waals surface area contributed by atoms with Gasteiger partial charge in [0, 0.05) is 11.1 Å². The maximum absolute atomic E-state index is 5.72. The Kier molecular flexibility index (Phi) is 1.80. The summed E-state index contributed by atoms with van der Waals surface area (Å²) in [6, 6.07) is 2.04. The van der Waals surface area contributed by atoms with Gasteiger partial charge in [0.25, 0.3) is 0 Å². The van der Waals surface area contributed by atoms with Gasteiger partial charge in [0.1, 0.15) is 5.01 Å². The summed E-state index contributed by atoms with van der Waals surface area (Å²) in [6.45, 7) is 2.05. The molecule has 0 aliphatic rings. The van der Waals surface area contributed by atoms with E-state index in [0.717, 1.165) is 20.1 Å². The number of thiophene rings is 1. The van der Waals surface area contributed by atoms with Crippen LogP contribution < -0.4 is 5.73 Å². The van der Waals surface area contributed by atoms with Gasteiger partial charge in [-0.2, -0.15) is 5.10 Å². The molecule has 3 N–H and O–H groups in total. The third-order valence-corrected chi connectivity index (χ3v) is 4.33. The fourth-order valence-corrected chi connectivity index (χ4v) is 3.24. The van der Waals surface area contributed by atoms with Crippen molar-refractivity contribution in [2.24, 2.45) is 0 Å². The monoisotopic (exact) mass is 236 g/mol. The van der Waals surface area contributed by atoms with E-state index in [4.69, 9.17) is 5.73 Å². The third-order valence-electron chi connectivity index (χ3n) is 2.09. The molecular weight excluding hydrogens is 228 g/mol. The van der Waals surface area contributed by atoms with Gasteiger partial charge in [0.15, 0.2) is 5.82 Å². The zero-order chi connectivity index (χ0) is 10.4. The van der Waals surface area contributed by atoms with E-state index in [9.17, 15) is 0 Å². The van der Waals surface area contributed by atoms with Gasteiger partial charge in [-0.05, 0) is 13.0 Å². The number of rotatable bonds is 1. The van der Waals surface area contributed by atoms with Crippen LogP contribution in [-0.2, 0) is 0 Å². The number of nitrogens with one attached hydrogen (secondary N) is 1. The lowest BCUT2D eigenvalue weighted by Crippen LogP contribution is -1.82. The van der Waals surface area contributed by atoms with Crippen LogP contribution >= 0.6 is 22.7 Å². The van der Waals surface area contributed by atoms with Gasteiger partial charge in [0.2, 0.25) is 0 Å². The van der Waals surface area contributed by atoms with Crippen LogP contribution in [0.4, 0.5) is 5.82 Å². The molecule has 0 spiro atoms. The quantitative estimate of drug-likeness (QED) is 0.682. The normalized spacial score (nSPS) is 11.3. The molecule has 0 aliphatic heterocycles. The first-order valence-corrected chi connectivity index (χ1v) is 6.03. The van der Waals surface area contributed by atoms with Crippen molar-refractivity contribution >= 4 is 38.7 Å². The number of H-pyrrole nitrogens is 1. The number of aryl methyl sites for hydroxylation is 1. The number of nitrogens with two attached hydrogens (primary N) is 1. The van der Waals surface area contributed by atoms with E-state index in [-0.39, 0.29) is 0 Å². The van der Waals surface area contributed by atoms with Crippen LogP contribution in [0, 0.1) is 6.92 Å². The highest BCUT2D eigenvalue weighted by Crippen LogP contribution is 2.36. The maximum Gasteiger partial charge on any atom is 0.163 e. The molecule has 4 nitrogen and oxygen atoms in total. The molecule has 15 heavy (non-hydrogen) atoms. The van der Waals surface area contributed by atoms with Crippen molar-refractivity contribution in [2.75, 3.05) is 5.73 Å². The standard InChI is InChI=1S/C9H8N4S2/c1-4-3-11-9(14-4)6-2-5-7(15-6)8(10)13-12-5/h2-3H,1H3,(H3,10,12,13). The molecule has 0 fully saturated rings. The van der Waals surface area contributed by atoms with Crippen molar-refractivity contribution in [1.29, 1.82) is 0 Å². The number of thiazole rings is 1. The van der Waals surface area contributed by atoms with E-state index in [0.29, 0.717) is 5.82 Å². The summed E-state index contributed by atoms with van der Waals surface area (Å²) in [5.74, 6) is 0.564. The van der Waals surface area contributed by atoms with Crippen molar-refractivity contribution in [1.82, 2.24) is 15.2 Å². The van der Waals surface area contributed by atoms with Gasteiger partial charge in [-0.3, -0.25) is 5.10 Å². The van der Waals surface area contributed by atoms with Gasteiger partial charge in [-0.25, -0.2) is 4.98 Å². The van der Waals surface area contributed by atoms with Gasteiger partial charge >= 0.3 is 0 Å². The van der Waals surface area contributed by atoms with E-state index in [2.05, 4.69) is 22.1 Å². The number of fused-ring (bicyclic) bond motifs is 1. The van der Waals surface area contributed by atoms with Crippen LogP contribution in [-0.4, -0.2) is 15.2 Å². The van der Waals surface area contributed by atoms with E-state index in [1.807, 2.05) is 12.3 Å². The molecule has 0 unspecified atom stereocenters. The van der Waals surface area contributed by atoms with Crippen molar-refractivity contribution in [2.45, 2.75) is 6.92 Å². The average molecular weight is 236 g/mol. The number of nitrogen functional groups attached to an aromatic ring is 1. The molecule has 0 aliphatic carbocycles. The molecule has 0 saturated carbocycles. The summed E-state index contributed by atoms with van der Waals surface area (Å²) < 4.78 is 1.01. The minimum atomic E-state index is 0.564. The topological polar surface area (TPSA) is 67.6 Å². The van der Waals surface area contributed by atoms with Crippen molar-refractivity contribution < 1.29 is 0 Å². The fourth-order valence-electron chi connectivity index (χ4n) is 1.41. The molecule has 3 aromatic heterocycles. The molecule has 0 saturated heterocycles. The average Bonchev–Trinajstić information content (AvgIpc) is 2.84. The fraction of sp³-hybridized carbons (Fsp3) is 0.111. The Bertz CT molecular complexity index is 619. The molecule has 6 heteroatoms. The molecule has 0 bridgehead atoms. The Hall–Kier alpha value is -1.40. The number of hydrogen-bond donors (Lipinski definition) is 2. The molecule has 0 aromatic carbocycles. The highest BCUT2D eigenvalue weighted by Gasteiger charge is 2.11. The van der Waals surface area contributed by atoms with Crippen LogP contribution in [0.25, 0.3) is 20.1 Å². The summed E-state index contributed by atoms with van der Waals surface area (Å²) >= 11 is 3.32. The number of anilines is 1. The van der Waals surface area contributed by atoms with Crippen LogP contribution in [0.15, 0.2) is 12.3 Å². The predicted octanol–water partition coefficient (Wildman–Crippen LogP) is 2.64. The van der Waals surface area contributed by atoms with Gasteiger partial charge < -0.3 is 5.73 Å². The molecule has 0 atom stereocenters. The van der Waals surface area contributed by atoms with Crippen molar-refractivity contribution in [3.8, 4) is 9.88 Å². The molecular formula is C9H8N4S2. The predicted molar refractivity (Wildman–Crippen MR) is 64.2 cm³/mol. The van der Waals surface area contributed by atoms with Gasteiger partial charge in [0.05, 0.1) is 15.1 Å². The van der Waals surface area contributed by atoms with E-state index in [1.165, 1.54) is 4.88 Å². The molecule has 76 valence electrons. The maximum atomic E-state index is 5.72. The number of aromatic nitrogens is 3. The number of aromatic amines is 1. The molecule has 3 rings (SSSR count). The van der Waals surface area contributed by atoms with Crippen LogP contribution in [0.3, 0.4) is 0 Å². The first-order chi connectivity index (χ1) is 7.24. The Morgan fingerprint density at radius 2 is 2.27 bits per heavy atom. The second-order valence-corrected chi connectivity index (χ2v) is 5.53. The zero-order valence-electron chi connectivity index (χ0n) is 7.94. The lowest BCUT2D eigenvalue weighted by molar-refractivity contribution is 1.13. The van der Waals surface area contributed by atoms with E-state index in [1.54, 1.807) is 22.7 Å². The third kappa shape index (κ3) is 1.33. The van der Waals surface area contributed by atoms with E-state index >= 15 is 0 Å². The summed E-state index contributed by atoms with van der Waals surface area (Å²) in [5, 5.41) is 7.88. The minimum absolute atomic E-state index is 0.564. The lowest BCUT2D eigenvalue weighted by Gasteiger charge is -1.86. The molecule has 3 heterocycles.